The number of halogens is 1. The Morgan fingerprint density at radius 2 is 1.73 bits per heavy atom. The number of para-hydroxylation sites is 1. The number of nitrogens with zero attached hydrogens (tertiary/aromatic N) is 2. The van der Waals surface area contributed by atoms with Crippen molar-refractivity contribution in [3.8, 4) is 22.9 Å². The lowest BCUT2D eigenvalue weighted by molar-refractivity contribution is -0.116. The quantitative estimate of drug-likeness (QED) is 0.412. The molecule has 0 fully saturated rings. The predicted octanol–water partition coefficient (Wildman–Crippen LogP) is 5.75. The van der Waals surface area contributed by atoms with E-state index in [2.05, 4.69) is 15.5 Å². The van der Waals surface area contributed by atoms with Gasteiger partial charge in [0.15, 0.2) is 0 Å². The Kier molecular flexibility index (Phi) is 6.06. The van der Waals surface area contributed by atoms with E-state index in [0.717, 1.165) is 11.3 Å². The van der Waals surface area contributed by atoms with Gasteiger partial charge in [-0.05, 0) is 48.5 Å². The summed E-state index contributed by atoms with van der Waals surface area (Å²) in [7, 11) is 0. The molecule has 30 heavy (non-hydrogen) atoms. The van der Waals surface area contributed by atoms with Crippen molar-refractivity contribution >= 4 is 23.2 Å². The van der Waals surface area contributed by atoms with Crippen molar-refractivity contribution in [3.05, 3.63) is 89.8 Å². The second-order valence-corrected chi connectivity index (χ2v) is 6.95. The first kappa shape index (κ1) is 19.7. The molecular formula is C23H18ClN3O3. The molecule has 0 saturated heterocycles. The van der Waals surface area contributed by atoms with Gasteiger partial charge in [0.2, 0.25) is 17.6 Å². The molecule has 0 saturated carbocycles. The van der Waals surface area contributed by atoms with Crippen LogP contribution in [0.3, 0.4) is 0 Å². The summed E-state index contributed by atoms with van der Waals surface area (Å²) in [5.74, 6) is 2.15. The highest BCUT2D eigenvalue weighted by molar-refractivity contribution is 6.30. The van der Waals surface area contributed by atoms with Crippen molar-refractivity contribution in [1.29, 1.82) is 0 Å². The summed E-state index contributed by atoms with van der Waals surface area (Å²) in [5.41, 5.74) is 1.45. The maximum absolute atomic E-state index is 12.2. The van der Waals surface area contributed by atoms with Crippen molar-refractivity contribution in [2.75, 3.05) is 5.32 Å². The smallest absolute Gasteiger partial charge is 0.227 e. The SMILES string of the molecule is O=C(CCc1nc(-c2cccc(Cl)c2)no1)Nc1ccc(Oc2ccccc2)cc1. The zero-order valence-electron chi connectivity index (χ0n) is 15.9. The normalized spacial score (nSPS) is 10.6. The monoisotopic (exact) mass is 419 g/mol. The minimum atomic E-state index is -0.144. The Morgan fingerprint density at radius 1 is 0.967 bits per heavy atom. The predicted molar refractivity (Wildman–Crippen MR) is 115 cm³/mol. The second kappa shape index (κ2) is 9.24. The first-order valence-electron chi connectivity index (χ1n) is 9.37. The molecular weight excluding hydrogens is 402 g/mol. The van der Waals surface area contributed by atoms with Crippen molar-refractivity contribution in [2.24, 2.45) is 0 Å². The van der Waals surface area contributed by atoms with E-state index in [0.29, 0.717) is 34.6 Å². The number of aryl methyl sites for hydroxylation is 1. The fraction of sp³-hybridized carbons (Fsp3) is 0.0870. The van der Waals surface area contributed by atoms with Gasteiger partial charge in [-0.1, -0.05) is 47.1 Å². The Bertz CT molecular complexity index is 1130. The van der Waals surface area contributed by atoms with Crippen LogP contribution in [0.4, 0.5) is 5.69 Å². The fourth-order valence-electron chi connectivity index (χ4n) is 2.78. The van der Waals surface area contributed by atoms with Gasteiger partial charge in [0, 0.05) is 29.1 Å². The van der Waals surface area contributed by atoms with Gasteiger partial charge in [-0.2, -0.15) is 4.98 Å². The summed E-state index contributed by atoms with van der Waals surface area (Å²) in [4.78, 5) is 16.6. The Labute approximate surface area is 178 Å². The molecule has 1 N–H and O–H groups in total. The van der Waals surface area contributed by atoms with E-state index >= 15 is 0 Å². The van der Waals surface area contributed by atoms with Crippen molar-refractivity contribution in [2.45, 2.75) is 12.8 Å². The third-order valence-corrected chi connectivity index (χ3v) is 4.47. The van der Waals surface area contributed by atoms with Gasteiger partial charge < -0.3 is 14.6 Å². The van der Waals surface area contributed by atoms with Gasteiger partial charge in [0.25, 0.3) is 0 Å². The van der Waals surface area contributed by atoms with Gasteiger partial charge >= 0.3 is 0 Å². The number of ether oxygens (including phenoxy) is 1. The summed E-state index contributed by atoms with van der Waals surface area (Å²) in [6.45, 7) is 0. The Balaban J connectivity index is 1.29. The third kappa shape index (κ3) is 5.24. The maximum Gasteiger partial charge on any atom is 0.227 e. The van der Waals surface area contributed by atoms with Crippen LogP contribution in [0.15, 0.2) is 83.4 Å². The standard InChI is InChI=1S/C23H18ClN3O3/c24-17-6-4-5-16(15-17)23-26-22(30-27-23)14-13-21(28)25-18-9-11-20(12-10-18)29-19-7-2-1-3-8-19/h1-12,15H,13-14H2,(H,25,28). The van der Waals surface area contributed by atoms with E-state index in [9.17, 15) is 4.79 Å². The summed E-state index contributed by atoms with van der Waals surface area (Å²) in [6, 6.07) is 23.9. The van der Waals surface area contributed by atoms with Crippen LogP contribution in [0.2, 0.25) is 5.02 Å². The second-order valence-electron chi connectivity index (χ2n) is 6.51. The molecule has 0 aliphatic heterocycles. The van der Waals surface area contributed by atoms with Crippen LogP contribution in [-0.2, 0) is 11.2 Å². The number of hydrogen-bond acceptors (Lipinski definition) is 5. The van der Waals surface area contributed by atoms with E-state index in [4.69, 9.17) is 20.9 Å². The maximum atomic E-state index is 12.2. The minimum Gasteiger partial charge on any atom is -0.457 e. The number of benzene rings is 3. The highest BCUT2D eigenvalue weighted by Gasteiger charge is 2.11. The molecule has 0 aliphatic rings. The van der Waals surface area contributed by atoms with Crippen LogP contribution in [0.5, 0.6) is 11.5 Å². The Hall–Kier alpha value is -3.64. The minimum absolute atomic E-state index is 0.144. The number of amides is 1. The molecule has 0 radical (unpaired) electrons. The van der Waals surface area contributed by atoms with Gasteiger partial charge in [0.1, 0.15) is 11.5 Å². The highest BCUT2D eigenvalue weighted by atomic mass is 35.5. The number of rotatable bonds is 7. The molecule has 0 aliphatic carbocycles. The molecule has 4 aromatic rings. The van der Waals surface area contributed by atoms with E-state index in [1.807, 2.05) is 42.5 Å². The number of nitrogens with one attached hydrogen (secondary N) is 1. The first-order valence-corrected chi connectivity index (χ1v) is 9.75. The van der Waals surface area contributed by atoms with Crippen LogP contribution in [0.25, 0.3) is 11.4 Å². The fourth-order valence-corrected chi connectivity index (χ4v) is 2.97. The lowest BCUT2D eigenvalue weighted by Gasteiger charge is -2.07. The van der Waals surface area contributed by atoms with Crippen molar-refractivity contribution in [1.82, 2.24) is 10.1 Å². The summed E-state index contributed by atoms with van der Waals surface area (Å²) in [6.07, 6.45) is 0.564. The molecule has 1 amide bonds. The molecule has 0 atom stereocenters. The number of carbonyl (C=O) groups excluding carboxylic acids is 1. The molecule has 0 unspecified atom stereocenters. The van der Waals surface area contributed by atoms with E-state index in [1.54, 1.807) is 36.4 Å². The van der Waals surface area contributed by atoms with Crippen molar-refractivity contribution < 1.29 is 14.1 Å². The average molecular weight is 420 g/mol. The average Bonchev–Trinajstić information content (AvgIpc) is 3.24. The first-order chi connectivity index (χ1) is 14.7. The van der Waals surface area contributed by atoms with Gasteiger partial charge in [-0.15, -0.1) is 0 Å². The van der Waals surface area contributed by atoms with Crippen molar-refractivity contribution in [3.63, 3.8) is 0 Å². The molecule has 6 nitrogen and oxygen atoms in total. The van der Waals surface area contributed by atoms with E-state index in [-0.39, 0.29) is 12.3 Å². The molecule has 7 heteroatoms. The van der Waals surface area contributed by atoms with E-state index < -0.39 is 0 Å². The third-order valence-electron chi connectivity index (χ3n) is 4.23. The molecule has 0 bridgehead atoms. The van der Waals surface area contributed by atoms with E-state index in [1.165, 1.54) is 0 Å². The largest absolute Gasteiger partial charge is 0.457 e. The molecule has 150 valence electrons. The zero-order chi connectivity index (χ0) is 20.8. The van der Waals surface area contributed by atoms with Crippen LogP contribution in [0.1, 0.15) is 12.3 Å². The zero-order valence-corrected chi connectivity index (χ0v) is 16.7. The van der Waals surface area contributed by atoms with Gasteiger partial charge in [-0.3, -0.25) is 4.79 Å². The lowest BCUT2D eigenvalue weighted by Crippen LogP contribution is -2.12. The summed E-state index contributed by atoms with van der Waals surface area (Å²) < 4.78 is 11.0. The molecule has 4 rings (SSSR count). The number of aromatic nitrogens is 2. The van der Waals surface area contributed by atoms with Crippen LogP contribution < -0.4 is 10.1 Å². The van der Waals surface area contributed by atoms with Crippen LogP contribution >= 0.6 is 11.6 Å². The lowest BCUT2D eigenvalue weighted by atomic mass is 10.2. The summed E-state index contributed by atoms with van der Waals surface area (Å²) in [5, 5.41) is 7.39. The van der Waals surface area contributed by atoms with Gasteiger partial charge in [-0.25, -0.2) is 0 Å². The molecule has 3 aromatic carbocycles. The summed E-state index contributed by atoms with van der Waals surface area (Å²) >= 11 is 5.98. The Morgan fingerprint density at radius 3 is 2.50 bits per heavy atom. The van der Waals surface area contributed by atoms with Crippen LogP contribution in [0, 0.1) is 0 Å². The molecule has 0 spiro atoms. The topological polar surface area (TPSA) is 77.2 Å². The molecule has 1 heterocycles. The number of carbonyl (C=O) groups is 1. The number of hydrogen-bond donors (Lipinski definition) is 1. The van der Waals surface area contributed by atoms with Gasteiger partial charge in [0.05, 0.1) is 0 Å². The highest BCUT2D eigenvalue weighted by Crippen LogP contribution is 2.23. The molecule has 1 aromatic heterocycles. The van der Waals surface area contributed by atoms with Crippen LogP contribution in [-0.4, -0.2) is 16.0 Å². The number of anilines is 1.